The van der Waals surface area contributed by atoms with Crippen LogP contribution in [0.2, 0.25) is 0 Å². The van der Waals surface area contributed by atoms with Crippen LogP contribution >= 0.6 is 0 Å². The van der Waals surface area contributed by atoms with Gasteiger partial charge in [-0.05, 0) is 19.3 Å². The standard InChI is InChI=1S/C16H23N5O/c1-3-4-14-11-16(21-15(19-14)5-8-17-21)20-9-6-13(7-10-20)18-12(2)22/h5,8,11,13H,3-4,6-7,9-10H2,1-2H3,(H,18,22). The number of piperidine rings is 1. The Bertz CT molecular complexity index is 658. The molecular weight excluding hydrogens is 278 g/mol. The summed E-state index contributed by atoms with van der Waals surface area (Å²) in [4.78, 5) is 18.2. The molecule has 0 atom stereocenters. The molecule has 0 bridgehead atoms. The second-order valence-electron chi connectivity index (χ2n) is 5.92. The Hall–Kier alpha value is -2.11. The number of carbonyl (C=O) groups excluding carboxylic acids is 1. The van der Waals surface area contributed by atoms with Gasteiger partial charge in [-0.1, -0.05) is 13.3 Å². The fourth-order valence-corrected chi connectivity index (χ4v) is 3.10. The van der Waals surface area contributed by atoms with Crippen LogP contribution in [0, 0.1) is 0 Å². The number of carbonyl (C=O) groups is 1. The molecule has 22 heavy (non-hydrogen) atoms. The van der Waals surface area contributed by atoms with Crippen LogP contribution in [0.15, 0.2) is 18.3 Å². The van der Waals surface area contributed by atoms with E-state index in [1.807, 2.05) is 10.6 Å². The number of amides is 1. The van der Waals surface area contributed by atoms with Crippen LogP contribution in [0.4, 0.5) is 5.82 Å². The van der Waals surface area contributed by atoms with Gasteiger partial charge < -0.3 is 10.2 Å². The Morgan fingerprint density at radius 3 is 2.86 bits per heavy atom. The second kappa shape index (κ2) is 6.34. The third-order valence-electron chi connectivity index (χ3n) is 4.13. The van der Waals surface area contributed by atoms with Crippen molar-refractivity contribution in [1.82, 2.24) is 19.9 Å². The van der Waals surface area contributed by atoms with E-state index < -0.39 is 0 Å². The molecule has 0 radical (unpaired) electrons. The average molecular weight is 301 g/mol. The Balaban J connectivity index is 1.81. The molecule has 0 aliphatic carbocycles. The molecule has 1 aliphatic heterocycles. The molecule has 1 fully saturated rings. The number of hydrogen-bond donors (Lipinski definition) is 1. The third-order valence-corrected chi connectivity index (χ3v) is 4.13. The fourth-order valence-electron chi connectivity index (χ4n) is 3.10. The van der Waals surface area contributed by atoms with E-state index in [4.69, 9.17) is 0 Å². The quantitative estimate of drug-likeness (QED) is 0.935. The Morgan fingerprint density at radius 1 is 1.41 bits per heavy atom. The van der Waals surface area contributed by atoms with E-state index in [-0.39, 0.29) is 5.91 Å². The zero-order chi connectivity index (χ0) is 15.5. The monoisotopic (exact) mass is 301 g/mol. The summed E-state index contributed by atoms with van der Waals surface area (Å²) in [5, 5.41) is 7.42. The minimum atomic E-state index is 0.0575. The van der Waals surface area contributed by atoms with Crippen molar-refractivity contribution in [2.75, 3.05) is 18.0 Å². The van der Waals surface area contributed by atoms with E-state index >= 15 is 0 Å². The van der Waals surface area contributed by atoms with Gasteiger partial charge in [0.25, 0.3) is 0 Å². The molecule has 2 aromatic rings. The average Bonchev–Trinajstić information content (AvgIpc) is 2.95. The summed E-state index contributed by atoms with van der Waals surface area (Å²) in [6, 6.07) is 4.40. The predicted octanol–water partition coefficient (Wildman–Crippen LogP) is 1.79. The molecule has 118 valence electrons. The number of fused-ring (bicyclic) bond motifs is 1. The van der Waals surface area contributed by atoms with Crippen molar-refractivity contribution >= 4 is 17.4 Å². The van der Waals surface area contributed by atoms with Gasteiger partial charge in [0.05, 0.1) is 6.20 Å². The summed E-state index contributed by atoms with van der Waals surface area (Å²) in [5.74, 6) is 1.17. The van der Waals surface area contributed by atoms with Crippen LogP contribution in [0.5, 0.6) is 0 Å². The van der Waals surface area contributed by atoms with Crippen molar-refractivity contribution in [1.29, 1.82) is 0 Å². The molecule has 6 heteroatoms. The Labute approximate surface area is 130 Å². The van der Waals surface area contributed by atoms with Crippen LogP contribution in [0.3, 0.4) is 0 Å². The van der Waals surface area contributed by atoms with Crippen LogP contribution in [-0.2, 0) is 11.2 Å². The number of aromatic nitrogens is 3. The zero-order valence-corrected chi connectivity index (χ0v) is 13.2. The summed E-state index contributed by atoms with van der Waals surface area (Å²) in [7, 11) is 0. The van der Waals surface area contributed by atoms with Crippen molar-refractivity contribution in [3.05, 3.63) is 24.0 Å². The van der Waals surface area contributed by atoms with Crippen molar-refractivity contribution in [2.45, 2.75) is 45.6 Å². The van der Waals surface area contributed by atoms with Gasteiger partial charge in [-0.15, -0.1) is 0 Å². The number of anilines is 1. The lowest BCUT2D eigenvalue weighted by Gasteiger charge is -2.33. The van der Waals surface area contributed by atoms with Gasteiger partial charge in [-0.2, -0.15) is 9.61 Å². The number of nitrogens with zero attached hydrogens (tertiary/aromatic N) is 4. The van der Waals surface area contributed by atoms with Crippen molar-refractivity contribution in [2.24, 2.45) is 0 Å². The minimum absolute atomic E-state index is 0.0575. The Kier molecular flexibility index (Phi) is 4.27. The zero-order valence-electron chi connectivity index (χ0n) is 13.2. The molecule has 3 heterocycles. The van der Waals surface area contributed by atoms with E-state index in [9.17, 15) is 4.79 Å². The van der Waals surface area contributed by atoms with Gasteiger partial charge >= 0.3 is 0 Å². The van der Waals surface area contributed by atoms with Crippen molar-refractivity contribution < 1.29 is 4.79 Å². The summed E-state index contributed by atoms with van der Waals surface area (Å²) in [6.07, 6.45) is 5.80. The highest BCUT2D eigenvalue weighted by atomic mass is 16.1. The van der Waals surface area contributed by atoms with Crippen LogP contribution < -0.4 is 10.2 Å². The minimum Gasteiger partial charge on any atom is -0.356 e. The first-order chi connectivity index (χ1) is 10.7. The second-order valence-corrected chi connectivity index (χ2v) is 5.92. The SMILES string of the molecule is CCCc1cc(N2CCC(NC(C)=O)CC2)n2nccc2n1. The molecule has 2 aromatic heterocycles. The topological polar surface area (TPSA) is 62.5 Å². The van der Waals surface area contributed by atoms with E-state index in [1.165, 1.54) is 0 Å². The lowest BCUT2D eigenvalue weighted by Crippen LogP contribution is -2.44. The maximum atomic E-state index is 11.2. The summed E-state index contributed by atoms with van der Waals surface area (Å²) >= 11 is 0. The van der Waals surface area contributed by atoms with Crippen LogP contribution in [0.25, 0.3) is 5.65 Å². The number of aryl methyl sites for hydroxylation is 1. The molecule has 1 N–H and O–H groups in total. The van der Waals surface area contributed by atoms with Gasteiger partial charge in [-0.3, -0.25) is 4.79 Å². The molecule has 1 aliphatic rings. The van der Waals surface area contributed by atoms with Crippen molar-refractivity contribution in [3.8, 4) is 0 Å². The first-order valence-corrected chi connectivity index (χ1v) is 8.03. The molecular formula is C16H23N5O. The first-order valence-electron chi connectivity index (χ1n) is 8.03. The van der Waals surface area contributed by atoms with Gasteiger partial charge in [0.1, 0.15) is 5.82 Å². The summed E-state index contributed by atoms with van der Waals surface area (Å²) < 4.78 is 1.91. The van der Waals surface area contributed by atoms with Crippen LogP contribution in [-0.4, -0.2) is 39.6 Å². The van der Waals surface area contributed by atoms with Gasteiger partial charge in [0.2, 0.25) is 5.91 Å². The highest BCUT2D eigenvalue weighted by molar-refractivity contribution is 5.73. The van der Waals surface area contributed by atoms with Gasteiger partial charge in [-0.25, -0.2) is 4.98 Å². The molecule has 0 saturated carbocycles. The highest BCUT2D eigenvalue weighted by Gasteiger charge is 2.22. The smallest absolute Gasteiger partial charge is 0.217 e. The lowest BCUT2D eigenvalue weighted by molar-refractivity contribution is -0.119. The third kappa shape index (κ3) is 3.05. The number of hydrogen-bond acceptors (Lipinski definition) is 4. The van der Waals surface area contributed by atoms with E-state index in [0.29, 0.717) is 6.04 Å². The molecule has 1 saturated heterocycles. The molecule has 3 rings (SSSR count). The van der Waals surface area contributed by atoms with Gasteiger partial charge in [0, 0.05) is 43.9 Å². The highest BCUT2D eigenvalue weighted by Crippen LogP contribution is 2.22. The van der Waals surface area contributed by atoms with Gasteiger partial charge in [0.15, 0.2) is 5.65 Å². The summed E-state index contributed by atoms with van der Waals surface area (Å²) in [6.45, 7) is 5.60. The number of rotatable bonds is 4. The lowest BCUT2D eigenvalue weighted by atomic mass is 10.0. The van der Waals surface area contributed by atoms with E-state index in [1.54, 1.807) is 13.1 Å². The van der Waals surface area contributed by atoms with Crippen LogP contribution in [0.1, 0.15) is 38.8 Å². The fraction of sp³-hybridized carbons (Fsp3) is 0.562. The normalized spacial score (nSPS) is 16.2. The maximum Gasteiger partial charge on any atom is 0.217 e. The number of nitrogens with one attached hydrogen (secondary N) is 1. The van der Waals surface area contributed by atoms with Crippen molar-refractivity contribution in [3.63, 3.8) is 0 Å². The maximum absolute atomic E-state index is 11.2. The molecule has 0 spiro atoms. The van der Waals surface area contributed by atoms with E-state index in [0.717, 1.165) is 55.9 Å². The molecule has 0 aromatic carbocycles. The summed E-state index contributed by atoms with van der Waals surface area (Å²) in [5.41, 5.74) is 2.03. The largest absolute Gasteiger partial charge is 0.356 e. The molecule has 1 amide bonds. The first kappa shape index (κ1) is 14.8. The molecule has 0 unspecified atom stereocenters. The molecule has 6 nitrogen and oxygen atoms in total. The predicted molar refractivity (Wildman–Crippen MR) is 86.0 cm³/mol. The Morgan fingerprint density at radius 2 is 2.18 bits per heavy atom. The van der Waals surface area contributed by atoms with E-state index in [2.05, 4.69) is 33.3 Å².